The molecule has 6 heteroatoms. The molecule has 1 aliphatic heterocycles. The monoisotopic (exact) mass is 468 g/mol. The highest BCUT2D eigenvalue weighted by molar-refractivity contribution is 6.39. The summed E-state index contributed by atoms with van der Waals surface area (Å²) in [4.78, 5) is 39.5. The van der Waals surface area contributed by atoms with Crippen molar-refractivity contribution in [2.45, 2.75) is 34.1 Å². The first-order valence-corrected chi connectivity index (χ1v) is 11.4. The third-order valence-corrected chi connectivity index (χ3v) is 6.01. The molecule has 0 atom stereocenters. The van der Waals surface area contributed by atoms with E-state index >= 15 is 0 Å². The molecule has 3 aromatic carbocycles. The van der Waals surface area contributed by atoms with E-state index in [4.69, 9.17) is 4.74 Å². The minimum atomic E-state index is -0.757. The van der Waals surface area contributed by atoms with Crippen molar-refractivity contribution in [2.24, 2.45) is 0 Å². The summed E-state index contributed by atoms with van der Waals surface area (Å²) < 4.78 is 5.62. The van der Waals surface area contributed by atoms with Crippen molar-refractivity contribution in [1.82, 2.24) is 5.32 Å². The van der Waals surface area contributed by atoms with Gasteiger partial charge in [-0.1, -0.05) is 53.6 Å². The molecule has 1 aliphatic rings. The summed E-state index contributed by atoms with van der Waals surface area (Å²) in [5, 5.41) is 2.29. The summed E-state index contributed by atoms with van der Waals surface area (Å²) in [5.74, 6) is -0.727. The Balaban J connectivity index is 1.68. The van der Waals surface area contributed by atoms with E-state index in [1.165, 1.54) is 22.8 Å². The van der Waals surface area contributed by atoms with Gasteiger partial charge in [-0.3, -0.25) is 14.9 Å². The van der Waals surface area contributed by atoms with Crippen LogP contribution in [0.2, 0.25) is 0 Å². The van der Waals surface area contributed by atoms with Crippen LogP contribution < -0.4 is 15.0 Å². The van der Waals surface area contributed by atoms with Gasteiger partial charge in [0.1, 0.15) is 11.3 Å². The van der Waals surface area contributed by atoms with Gasteiger partial charge >= 0.3 is 6.03 Å². The second-order valence-corrected chi connectivity index (χ2v) is 8.99. The molecule has 0 bridgehead atoms. The lowest BCUT2D eigenvalue weighted by Crippen LogP contribution is -2.54. The quantitative estimate of drug-likeness (QED) is 0.413. The van der Waals surface area contributed by atoms with Gasteiger partial charge in [0.05, 0.1) is 12.8 Å². The topological polar surface area (TPSA) is 75.7 Å². The molecule has 35 heavy (non-hydrogen) atoms. The fourth-order valence-corrected chi connectivity index (χ4v) is 4.39. The number of ether oxygens (including phenoxy) is 1. The third-order valence-electron chi connectivity index (χ3n) is 6.01. The SMILES string of the molecule is COc1cc(/C=C2\C(=O)NC(=O)N(c3cc(C)ccc3C)C2=O)ccc1Cc1cc(C)cc(C)c1. The summed E-state index contributed by atoms with van der Waals surface area (Å²) >= 11 is 0. The second-order valence-electron chi connectivity index (χ2n) is 8.99. The van der Waals surface area contributed by atoms with Crippen molar-refractivity contribution in [1.29, 1.82) is 0 Å². The largest absolute Gasteiger partial charge is 0.496 e. The zero-order chi connectivity index (χ0) is 25.3. The fraction of sp³-hybridized carbons (Fsp3) is 0.207. The maximum Gasteiger partial charge on any atom is 0.335 e. The summed E-state index contributed by atoms with van der Waals surface area (Å²) in [6, 6.07) is 16.7. The van der Waals surface area contributed by atoms with Gasteiger partial charge < -0.3 is 4.74 Å². The van der Waals surface area contributed by atoms with Crippen LogP contribution in [0.25, 0.3) is 6.08 Å². The lowest BCUT2D eigenvalue weighted by molar-refractivity contribution is -0.122. The summed E-state index contributed by atoms with van der Waals surface area (Å²) in [6.07, 6.45) is 2.18. The first kappa shape index (κ1) is 24.0. The van der Waals surface area contributed by atoms with Crippen LogP contribution in [-0.4, -0.2) is 25.0 Å². The van der Waals surface area contributed by atoms with E-state index in [2.05, 4.69) is 37.4 Å². The standard InChI is InChI=1S/C29H28N2O4/c1-17-6-7-20(4)25(13-17)31-28(33)24(27(32)30-29(31)34)15-21-8-9-23(26(16-21)35-5)14-22-11-18(2)10-19(3)12-22/h6-13,15-16H,14H2,1-5H3,(H,30,32,34)/b24-15+. The van der Waals surface area contributed by atoms with E-state index in [1.54, 1.807) is 19.2 Å². The highest BCUT2D eigenvalue weighted by Gasteiger charge is 2.37. The molecular weight excluding hydrogens is 440 g/mol. The van der Waals surface area contributed by atoms with Crippen LogP contribution in [0, 0.1) is 27.7 Å². The Morgan fingerprint density at radius 2 is 1.57 bits per heavy atom. The fourth-order valence-electron chi connectivity index (χ4n) is 4.39. The van der Waals surface area contributed by atoms with E-state index in [9.17, 15) is 14.4 Å². The Hall–Kier alpha value is -4.19. The predicted octanol–water partition coefficient (Wildman–Crippen LogP) is 5.19. The van der Waals surface area contributed by atoms with Crippen molar-refractivity contribution in [2.75, 3.05) is 12.0 Å². The number of methoxy groups -OCH3 is 1. The molecule has 4 amide bonds. The van der Waals surface area contributed by atoms with Gasteiger partial charge in [0, 0.05) is 6.42 Å². The van der Waals surface area contributed by atoms with Crippen LogP contribution >= 0.6 is 0 Å². The number of hydrogen-bond acceptors (Lipinski definition) is 4. The first-order chi connectivity index (χ1) is 16.7. The van der Waals surface area contributed by atoms with Crippen LogP contribution in [0.15, 0.2) is 60.2 Å². The Bertz CT molecular complexity index is 1370. The van der Waals surface area contributed by atoms with Crippen LogP contribution in [0.4, 0.5) is 10.5 Å². The first-order valence-electron chi connectivity index (χ1n) is 11.4. The molecule has 1 fully saturated rings. The Morgan fingerprint density at radius 1 is 0.857 bits per heavy atom. The van der Waals surface area contributed by atoms with Crippen LogP contribution in [0.1, 0.15) is 38.9 Å². The van der Waals surface area contributed by atoms with Gasteiger partial charge in [0.2, 0.25) is 0 Å². The van der Waals surface area contributed by atoms with Gasteiger partial charge in [-0.05, 0) is 73.7 Å². The number of urea groups is 1. The maximum atomic E-state index is 13.3. The lowest BCUT2D eigenvalue weighted by Gasteiger charge is -2.27. The number of rotatable bonds is 5. The number of anilines is 1. The zero-order valence-corrected chi connectivity index (χ0v) is 20.6. The lowest BCUT2D eigenvalue weighted by atomic mass is 9.98. The molecule has 0 saturated carbocycles. The molecule has 0 spiro atoms. The van der Waals surface area contributed by atoms with E-state index < -0.39 is 17.8 Å². The van der Waals surface area contributed by atoms with Gasteiger partial charge in [-0.25, -0.2) is 9.69 Å². The highest BCUT2D eigenvalue weighted by Crippen LogP contribution is 2.28. The predicted molar refractivity (Wildman–Crippen MR) is 137 cm³/mol. The van der Waals surface area contributed by atoms with E-state index in [1.807, 2.05) is 38.1 Å². The van der Waals surface area contributed by atoms with Crippen molar-refractivity contribution >= 4 is 29.6 Å². The Kier molecular flexibility index (Phi) is 6.56. The van der Waals surface area contributed by atoms with Crippen LogP contribution in [0.3, 0.4) is 0 Å². The number of aryl methyl sites for hydroxylation is 4. The van der Waals surface area contributed by atoms with Crippen molar-refractivity contribution in [3.05, 3.63) is 99.1 Å². The molecule has 0 unspecified atom stereocenters. The molecule has 0 aromatic heterocycles. The van der Waals surface area contributed by atoms with Gasteiger partial charge in [-0.15, -0.1) is 0 Å². The number of nitrogens with one attached hydrogen (secondary N) is 1. The van der Waals surface area contributed by atoms with Crippen molar-refractivity contribution in [3.63, 3.8) is 0 Å². The normalized spacial score (nSPS) is 14.9. The number of benzene rings is 3. The molecule has 4 rings (SSSR count). The molecule has 1 saturated heterocycles. The molecule has 1 N–H and O–H groups in total. The third kappa shape index (κ3) is 5.01. The zero-order valence-electron chi connectivity index (χ0n) is 20.6. The highest BCUT2D eigenvalue weighted by atomic mass is 16.5. The molecule has 178 valence electrons. The van der Waals surface area contributed by atoms with E-state index in [0.29, 0.717) is 23.4 Å². The van der Waals surface area contributed by atoms with Gasteiger partial charge in [-0.2, -0.15) is 0 Å². The molecular formula is C29H28N2O4. The minimum absolute atomic E-state index is 0.116. The Morgan fingerprint density at radius 3 is 2.26 bits per heavy atom. The second kappa shape index (κ2) is 9.58. The van der Waals surface area contributed by atoms with E-state index in [0.717, 1.165) is 21.6 Å². The van der Waals surface area contributed by atoms with Crippen molar-refractivity contribution in [3.8, 4) is 5.75 Å². The summed E-state index contributed by atoms with van der Waals surface area (Å²) in [6.45, 7) is 7.83. The van der Waals surface area contributed by atoms with Crippen LogP contribution in [0.5, 0.6) is 5.75 Å². The number of carbonyl (C=O) groups is 3. The van der Waals surface area contributed by atoms with Crippen molar-refractivity contribution < 1.29 is 19.1 Å². The van der Waals surface area contributed by atoms with Gasteiger partial charge in [0.15, 0.2) is 0 Å². The van der Waals surface area contributed by atoms with Crippen LogP contribution in [-0.2, 0) is 16.0 Å². The Labute approximate surface area is 205 Å². The number of carbonyl (C=O) groups excluding carboxylic acids is 3. The molecule has 0 aliphatic carbocycles. The number of nitrogens with zero attached hydrogens (tertiary/aromatic N) is 1. The number of imide groups is 2. The minimum Gasteiger partial charge on any atom is -0.496 e. The smallest absolute Gasteiger partial charge is 0.335 e. The summed E-state index contributed by atoms with van der Waals surface area (Å²) in [7, 11) is 1.59. The molecule has 1 heterocycles. The number of amides is 4. The molecule has 6 nitrogen and oxygen atoms in total. The van der Waals surface area contributed by atoms with E-state index in [-0.39, 0.29) is 5.57 Å². The maximum absolute atomic E-state index is 13.3. The number of barbiturate groups is 1. The molecule has 0 radical (unpaired) electrons. The van der Waals surface area contributed by atoms with Gasteiger partial charge in [0.25, 0.3) is 11.8 Å². The average Bonchev–Trinajstić information content (AvgIpc) is 2.79. The molecule has 3 aromatic rings. The average molecular weight is 469 g/mol. The summed E-state index contributed by atoms with van der Waals surface area (Å²) in [5.41, 5.74) is 7.18. The number of hydrogen-bond donors (Lipinski definition) is 1.